The molecular weight excluding hydrogens is 767 g/mol. The van der Waals surface area contributed by atoms with Crippen molar-refractivity contribution in [3.63, 3.8) is 0 Å². The SMILES string of the molecule is CC(C)(C)c1cc(-c2ccccc2)c(N2c3cc(Cl)ccc3B3c4ccc(Cl)cc4C4(c5ccccc5Oc5ccccc54)c4cc(F)cc2c43)c(-c2ccccc2)c1. The van der Waals surface area contributed by atoms with Gasteiger partial charge in [-0.05, 0) is 105 Å². The minimum absolute atomic E-state index is 0.168. The molecule has 1 spiro atoms. The molecule has 284 valence electrons. The number of para-hydroxylation sites is 2. The number of rotatable bonds is 3. The third-order valence-corrected chi connectivity index (χ3v) is 13.0. The van der Waals surface area contributed by atoms with Crippen LogP contribution in [0.5, 0.6) is 11.5 Å². The summed E-state index contributed by atoms with van der Waals surface area (Å²) < 4.78 is 24.0. The van der Waals surface area contributed by atoms with Gasteiger partial charge in [0.2, 0.25) is 6.71 Å². The van der Waals surface area contributed by atoms with Crippen molar-refractivity contribution >= 4 is 63.4 Å². The van der Waals surface area contributed by atoms with Crippen molar-refractivity contribution in [3.05, 3.63) is 214 Å². The summed E-state index contributed by atoms with van der Waals surface area (Å²) >= 11 is 14.1. The third kappa shape index (κ3) is 5.33. The molecule has 8 aromatic carbocycles. The summed E-state index contributed by atoms with van der Waals surface area (Å²) in [5.74, 6) is 1.11. The van der Waals surface area contributed by atoms with Crippen LogP contribution in [0.25, 0.3) is 22.3 Å². The molecule has 8 aromatic rings. The average molecular weight is 805 g/mol. The molecule has 0 bridgehead atoms. The van der Waals surface area contributed by atoms with Gasteiger partial charge in [-0.15, -0.1) is 0 Å². The zero-order chi connectivity index (χ0) is 40.2. The lowest BCUT2D eigenvalue weighted by Crippen LogP contribution is -2.65. The van der Waals surface area contributed by atoms with Gasteiger partial charge in [0.1, 0.15) is 17.3 Å². The fraction of sp³-hybridized carbons (Fsp3) is 0.0943. The highest BCUT2D eigenvalue weighted by atomic mass is 35.5. The van der Waals surface area contributed by atoms with Gasteiger partial charge in [0.05, 0.1) is 11.1 Å². The lowest BCUT2D eigenvalue weighted by Gasteiger charge is -2.50. The van der Waals surface area contributed by atoms with E-state index in [9.17, 15) is 0 Å². The van der Waals surface area contributed by atoms with Crippen LogP contribution in [0.3, 0.4) is 0 Å². The molecule has 2 nitrogen and oxygen atoms in total. The van der Waals surface area contributed by atoms with Crippen molar-refractivity contribution in [3.8, 4) is 33.8 Å². The smallest absolute Gasteiger partial charge is 0.247 e. The van der Waals surface area contributed by atoms with Crippen LogP contribution in [0.4, 0.5) is 21.5 Å². The molecule has 0 saturated heterocycles. The molecule has 0 saturated carbocycles. The Hall–Kier alpha value is -6.07. The van der Waals surface area contributed by atoms with Crippen molar-refractivity contribution < 1.29 is 9.13 Å². The molecular formula is C53H37BCl2FNO. The van der Waals surface area contributed by atoms with E-state index in [1.807, 2.05) is 66.7 Å². The van der Waals surface area contributed by atoms with Gasteiger partial charge >= 0.3 is 0 Å². The van der Waals surface area contributed by atoms with E-state index in [0.717, 1.165) is 89.5 Å². The first-order valence-corrected chi connectivity index (χ1v) is 20.8. The first-order chi connectivity index (χ1) is 28.6. The van der Waals surface area contributed by atoms with Crippen molar-refractivity contribution in [2.45, 2.75) is 31.6 Å². The monoisotopic (exact) mass is 803 g/mol. The molecule has 0 amide bonds. The van der Waals surface area contributed by atoms with Crippen LogP contribution in [0.1, 0.15) is 48.6 Å². The van der Waals surface area contributed by atoms with Crippen LogP contribution in [0, 0.1) is 5.82 Å². The Morgan fingerprint density at radius 2 is 1.08 bits per heavy atom. The minimum atomic E-state index is -0.968. The Morgan fingerprint density at radius 3 is 1.68 bits per heavy atom. The molecule has 59 heavy (non-hydrogen) atoms. The topological polar surface area (TPSA) is 12.5 Å². The lowest BCUT2D eigenvalue weighted by atomic mass is 9.29. The highest BCUT2D eigenvalue weighted by Crippen LogP contribution is 2.58. The second-order valence-electron chi connectivity index (χ2n) is 16.8. The number of fused-ring (bicyclic) bond motifs is 10. The fourth-order valence-electron chi connectivity index (χ4n) is 10.0. The molecule has 0 atom stereocenters. The van der Waals surface area contributed by atoms with Gasteiger partial charge in [-0.25, -0.2) is 4.39 Å². The van der Waals surface area contributed by atoms with Crippen LogP contribution in [0.2, 0.25) is 10.0 Å². The molecule has 3 heterocycles. The number of nitrogens with zero attached hydrogens (tertiary/aromatic N) is 1. The first kappa shape index (κ1) is 36.0. The van der Waals surface area contributed by atoms with Crippen LogP contribution >= 0.6 is 23.2 Å². The predicted octanol–water partition coefficient (Wildman–Crippen LogP) is 12.9. The molecule has 6 heteroatoms. The van der Waals surface area contributed by atoms with Crippen molar-refractivity contribution in [1.29, 1.82) is 0 Å². The quantitative estimate of drug-likeness (QED) is 0.165. The maximum absolute atomic E-state index is 17.3. The molecule has 0 aliphatic carbocycles. The van der Waals surface area contributed by atoms with E-state index >= 15 is 4.39 Å². The Bertz CT molecular complexity index is 2910. The summed E-state index contributed by atoms with van der Waals surface area (Å²) in [6.07, 6.45) is 0. The molecule has 3 aliphatic rings. The molecule has 0 fully saturated rings. The maximum atomic E-state index is 17.3. The highest BCUT2D eigenvalue weighted by molar-refractivity contribution is 6.99. The van der Waals surface area contributed by atoms with Gasteiger partial charge in [-0.1, -0.05) is 159 Å². The van der Waals surface area contributed by atoms with Gasteiger partial charge in [0, 0.05) is 43.7 Å². The molecule has 0 unspecified atom stereocenters. The molecule has 0 aromatic heterocycles. The van der Waals surface area contributed by atoms with E-state index in [1.165, 1.54) is 5.56 Å². The summed E-state index contributed by atoms with van der Waals surface area (Å²) in [7, 11) is 0. The van der Waals surface area contributed by atoms with Gasteiger partial charge < -0.3 is 9.64 Å². The predicted molar refractivity (Wildman–Crippen MR) is 244 cm³/mol. The molecule has 3 aliphatic heterocycles. The van der Waals surface area contributed by atoms with Gasteiger partial charge in [-0.2, -0.15) is 0 Å². The number of halogens is 3. The second-order valence-corrected chi connectivity index (χ2v) is 17.7. The Kier molecular flexibility index (Phi) is 8.08. The van der Waals surface area contributed by atoms with Crippen LogP contribution in [-0.2, 0) is 10.8 Å². The summed E-state index contributed by atoms with van der Waals surface area (Å²) in [5.41, 5.74) is 13.8. The van der Waals surface area contributed by atoms with Gasteiger partial charge in [0.15, 0.2) is 0 Å². The van der Waals surface area contributed by atoms with Crippen molar-refractivity contribution in [1.82, 2.24) is 0 Å². The first-order valence-electron chi connectivity index (χ1n) is 20.0. The van der Waals surface area contributed by atoms with E-state index in [4.69, 9.17) is 27.9 Å². The van der Waals surface area contributed by atoms with E-state index in [0.29, 0.717) is 10.0 Å². The van der Waals surface area contributed by atoms with Crippen molar-refractivity contribution in [2.24, 2.45) is 0 Å². The van der Waals surface area contributed by atoms with E-state index < -0.39 is 5.41 Å². The Morgan fingerprint density at radius 1 is 0.542 bits per heavy atom. The lowest BCUT2D eigenvalue weighted by molar-refractivity contribution is 0.434. The number of hydrogen-bond acceptors (Lipinski definition) is 2. The number of anilines is 3. The zero-order valence-corrected chi connectivity index (χ0v) is 34.2. The summed E-state index contributed by atoms with van der Waals surface area (Å²) in [6, 6.07) is 57.9. The van der Waals surface area contributed by atoms with Crippen LogP contribution < -0.4 is 26.0 Å². The summed E-state index contributed by atoms with van der Waals surface area (Å²) in [5, 5.41) is 1.20. The zero-order valence-electron chi connectivity index (χ0n) is 32.7. The standard InChI is InChI=1S/C53H37BCl2FNO/c1-52(2,3)34-26-38(32-14-6-4-7-15-32)51(39(27-34)33-16-8-5-9-17-33)58-46-29-36(56)23-25-45(46)54-44-24-22-35(55)28-42(44)53(43-30-37(57)31-47(58)50(43)54)40-18-10-12-20-48(40)59-49-21-13-11-19-41(49)53/h4-31H,1-3H3. The van der Waals surface area contributed by atoms with Gasteiger partial charge in [-0.3, -0.25) is 0 Å². The van der Waals surface area contributed by atoms with Crippen molar-refractivity contribution in [2.75, 3.05) is 4.90 Å². The molecule has 11 rings (SSSR count). The molecule has 0 N–H and O–H groups in total. The van der Waals surface area contributed by atoms with E-state index in [1.54, 1.807) is 12.1 Å². The summed E-state index contributed by atoms with van der Waals surface area (Å²) in [4.78, 5) is 2.29. The number of ether oxygens (including phenoxy) is 1. The average Bonchev–Trinajstić information content (AvgIpc) is 3.24. The molecule has 0 radical (unpaired) electrons. The van der Waals surface area contributed by atoms with Crippen LogP contribution in [0.15, 0.2) is 170 Å². The van der Waals surface area contributed by atoms with E-state index in [2.05, 4.69) is 117 Å². The number of benzene rings is 8. The normalized spacial score (nSPS) is 14.1. The fourth-order valence-corrected chi connectivity index (χ4v) is 10.4. The second kappa shape index (κ2) is 13.2. The largest absolute Gasteiger partial charge is 0.457 e. The number of hydrogen-bond donors (Lipinski definition) is 0. The third-order valence-electron chi connectivity index (χ3n) is 12.5. The van der Waals surface area contributed by atoms with E-state index in [-0.39, 0.29) is 17.9 Å². The Labute approximate surface area is 354 Å². The highest BCUT2D eigenvalue weighted by Gasteiger charge is 2.55. The van der Waals surface area contributed by atoms with Gasteiger partial charge in [0.25, 0.3) is 0 Å². The maximum Gasteiger partial charge on any atom is 0.247 e. The minimum Gasteiger partial charge on any atom is -0.457 e. The summed E-state index contributed by atoms with van der Waals surface area (Å²) in [6.45, 7) is 6.49. The van der Waals surface area contributed by atoms with Crippen LogP contribution in [-0.4, -0.2) is 6.71 Å². The Balaban J connectivity index is 1.34.